The first-order valence-electron chi connectivity index (χ1n) is 10.3. The van der Waals surface area contributed by atoms with Gasteiger partial charge in [-0.15, -0.1) is 0 Å². The van der Waals surface area contributed by atoms with Crippen LogP contribution in [0.5, 0.6) is 0 Å². The number of hydrogen-bond donors (Lipinski definition) is 0. The van der Waals surface area contributed by atoms with E-state index in [9.17, 15) is 9.59 Å². The fraction of sp³-hybridized carbons (Fsp3) is 0.364. The molecule has 9 heteroatoms. The van der Waals surface area contributed by atoms with Gasteiger partial charge in [0.2, 0.25) is 0 Å². The van der Waals surface area contributed by atoms with E-state index in [0.717, 1.165) is 11.1 Å². The van der Waals surface area contributed by atoms with Crippen LogP contribution in [-0.4, -0.2) is 47.8 Å². The zero-order valence-corrected chi connectivity index (χ0v) is 19.8. The molecule has 0 saturated carbocycles. The summed E-state index contributed by atoms with van der Waals surface area (Å²) in [5.74, 6) is 0. The number of carbonyl (C=O) groups excluding carboxylic acids is 2. The number of hydrogen-bond acceptors (Lipinski definition) is 5. The molecule has 0 radical (unpaired) electrons. The molecule has 7 nitrogen and oxygen atoms in total. The van der Waals surface area contributed by atoms with Crippen molar-refractivity contribution in [3.05, 3.63) is 71.8 Å². The van der Waals surface area contributed by atoms with Crippen LogP contribution in [-0.2, 0) is 22.3 Å². The first kappa shape index (κ1) is 24.8. The molecule has 0 aliphatic heterocycles. The Morgan fingerprint density at radius 3 is 1.90 bits per heavy atom. The third-order valence-electron chi connectivity index (χ3n) is 4.21. The lowest BCUT2D eigenvalue weighted by molar-refractivity contribution is 0.132. The van der Waals surface area contributed by atoms with Crippen molar-refractivity contribution >= 4 is 29.6 Å². The molecule has 0 heterocycles. The number of nitrogens with zero attached hydrogens (tertiary/aromatic N) is 3. The molecular formula is C22H29N3O4P2. The fourth-order valence-corrected chi connectivity index (χ4v) is 4.35. The summed E-state index contributed by atoms with van der Waals surface area (Å²) < 4.78 is 17.9. The second-order valence-corrected chi connectivity index (χ2v) is 8.63. The lowest BCUT2D eigenvalue weighted by Gasteiger charge is -2.20. The molecular weight excluding hydrogens is 432 g/mol. The molecule has 2 amide bonds. The molecule has 31 heavy (non-hydrogen) atoms. The number of benzene rings is 2. The van der Waals surface area contributed by atoms with Gasteiger partial charge in [-0.1, -0.05) is 60.7 Å². The van der Waals surface area contributed by atoms with E-state index in [0.29, 0.717) is 47.7 Å². The first-order chi connectivity index (χ1) is 15.1. The van der Waals surface area contributed by atoms with Gasteiger partial charge in [-0.3, -0.25) is 4.67 Å². The topological polar surface area (TPSA) is 71.4 Å². The van der Waals surface area contributed by atoms with E-state index in [1.165, 1.54) is 4.67 Å². The highest BCUT2D eigenvalue weighted by Crippen LogP contribution is 2.28. The number of carbonyl (C=O) groups is 2. The Labute approximate surface area is 187 Å². The van der Waals surface area contributed by atoms with Crippen molar-refractivity contribution in [3.63, 3.8) is 0 Å². The third-order valence-corrected chi connectivity index (χ3v) is 6.15. The molecule has 0 aliphatic carbocycles. The predicted octanol–water partition coefficient (Wildman–Crippen LogP) is 5.94. The Kier molecular flexibility index (Phi) is 11.6. The van der Waals surface area contributed by atoms with Gasteiger partial charge in [-0.25, -0.2) is 18.8 Å². The summed E-state index contributed by atoms with van der Waals surface area (Å²) in [5.41, 5.74) is 2.26. The predicted molar refractivity (Wildman–Crippen MR) is 125 cm³/mol. The second kappa shape index (κ2) is 14.5. The molecule has 1 atom stereocenters. The minimum atomic E-state index is -0.416. The summed E-state index contributed by atoms with van der Waals surface area (Å²) in [6.45, 7) is 5.11. The third kappa shape index (κ3) is 9.46. The highest BCUT2D eigenvalue weighted by Gasteiger charge is 2.16. The molecule has 0 aromatic heterocycles. The van der Waals surface area contributed by atoms with Crippen LogP contribution in [0.15, 0.2) is 65.2 Å². The van der Waals surface area contributed by atoms with E-state index in [2.05, 4.69) is 4.52 Å². The van der Waals surface area contributed by atoms with Crippen molar-refractivity contribution in [1.82, 2.24) is 9.34 Å². The molecule has 0 fully saturated rings. The summed E-state index contributed by atoms with van der Waals surface area (Å²) in [6.07, 6.45) is 0.582. The fourth-order valence-electron chi connectivity index (χ4n) is 2.65. The van der Waals surface area contributed by atoms with Gasteiger partial charge in [-0.05, 0) is 37.8 Å². The average molecular weight is 461 g/mol. The summed E-state index contributed by atoms with van der Waals surface area (Å²) in [4.78, 5) is 24.7. The zero-order valence-electron chi connectivity index (χ0n) is 17.9. The molecule has 166 valence electrons. The quantitative estimate of drug-likeness (QED) is 0.388. The summed E-state index contributed by atoms with van der Waals surface area (Å²) >= 11 is 0. The van der Waals surface area contributed by atoms with Gasteiger partial charge in [0.25, 0.3) is 0 Å². The molecule has 0 spiro atoms. The van der Waals surface area contributed by atoms with Gasteiger partial charge in [0.1, 0.15) is 17.4 Å². The van der Waals surface area contributed by atoms with Crippen molar-refractivity contribution in [2.45, 2.75) is 26.7 Å². The highest BCUT2D eigenvalue weighted by molar-refractivity contribution is 7.43. The Bertz CT molecular complexity index is 822. The monoisotopic (exact) mass is 461 g/mol. The maximum atomic E-state index is 12.3. The SMILES string of the molecule is CCOC(=O)N(CCc1ccccc1)P=NPN(CCc1ccccc1)C(=O)OCC. The largest absolute Gasteiger partial charge is 0.449 e. The summed E-state index contributed by atoms with van der Waals surface area (Å²) in [7, 11) is 0.291. The molecule has 2 aromatic carbocycles. The van der Waals surface area contributed by atoms with Crippen molar-refractivity contribution in [1.29, 1.82) is 0 Å². The van der Waals surface area contributed by atoms with Crippen molar-refractivity contribution < 1.29 is 19.1 Å². The number of ether oxygens (including phenoxy) is 2. The van der Waals surface area contributed by atoms with E-state index in [-0.39, 0.29) is 8.88 Å². The standard InChI is InChI=1S/C22H29N3O4P2/c1-3-28-21(26)24(17-15-19-11-7-5-8-12-19)30-23-31-25(22(27)29-4-2)18-16-20-13-9-6-10-14-20/h5-14,30H,3-4,15-18H2,1-2H3. The van der Waals surface area contributed by atoms with Crippen molar-refractivity contribution in [2.24, 2.45) is 4.52 Å². The van der Waals surface area contributed by atoms with Crippen LogP contribution in [0.3, 0.4) is 0 Å². The Morgan fingerprint density at radius 1 is 0.839 bits per heavy atom. The van der Waals surface area contributed by atoms with E-state index in [4.69, 9.17) is 9.47 Å². The normalized spacial score (nSPS) is 11.0. The molecule has 0 bridgehead atoms. The molecule has 2 aromatic rings. The van der Waals surface area contributed by atoms with E-state index in [1.54, 1.807) is 18.5 Å². The van der Waals surface area contributed by atoms with E-state index in [1.807, 2.05) is 60.7 Å². The summed E-state index contributed by atoms with van der Waals surface area (Å²) in [6, 6.07) is 19.9. The van der Waals surface area contributed by atoms with Crippen LogP contribution < -0.4 is 0 Å². The smallest absolute Gasteiger partial charge is 0.418 e. The minimum absolute atomic E-state index is 0.154. The lowest BCUT2D eigenvalue weighted by Crippen LogP contribution is -2.26. The van der Waals surface area contributed by atoms with E-state index < -0.39 is 12.2 Å². The van der Waals surface area contributed by atoms with Crippen LogP contribution >= 0.6 is 17.4 Å². The van der Waals surface area contributed by atoms with Gasteiger partial charge in [0.15, 0.2) is 0 Å². The second-order valence-electron chi connectivity index (χ2n) is 6.43. The van der Waals surface area contributed by atoms with Crippen molar-refractivity contribution in [3.8, 4) is 0 Å². The van der Waals surface area contributed by atoms with Gasteiger partial charge in [0, 0.05) is 13.1 Å². The molecule has 0 aliphatic rings. The van der Waals surface area contributed by atoms with Crippen LogP contribution in [0.1, 0.15) is 25.0 Å². The van der Waals surface area contributed by atoms with Gasteiger partial charge in [0.05, 0.1) is 13.2 Å². The molecule has 0 N–H and O–H groups in total. The Morgan fingerprint density at radius 2 is 1.35 bits per heavy atom. The van der Waals surface area contributed by atoms with E-state index >= 15 is 0 Å². The maximum Gasteiger partial charge on any atom is 0.418 e. The van der Waals surface area contributed by atoms with Gasteiger partial charge in [-0.2, -0.15) is 0 Å². The first-order valence-corrected chi connectivity index (χ1v) is 12.0. The maximum absolute atomic E-state index is 12.3. The number of amides is 2. The molecule has 0 saturated heterocycles. The van der Waals surface area contributed by atoms with Gasteiger partial charge < -0.3 is 9.47 Å². The minimum Gasteiger partial charge on any atom is -0.449 e. The van der Waals surface area contributed by atoms with Crippen LogP contribution in [0.2, 0.25) is 0 Å². The average Bonchev–Trinajstić information content (AvgIpc) is 2.79. The van der Waals surface area contributed by atoms with Crippen LogP contribution in [0, 0.1) is 0 Å². The van der Waals surface area contributed by atoms with Crippen LogP contribution in [0.4, 0.5) is 9.59 Å². The Balaban J connectivity index is 1.99. The van der Waals surface area contributed by atoms with Gasteiger partial charge >= 0.3 is 12.2 Å². The summed E-state index contributed by atoms with van der Waals surface area (Å²) in [5, 5.41) is 0. The zero-order chi connectivity index (χ0) is 22.3. The van der Waals surface area contributed by atoms with Crippen molar-refractivity contribution in [2.75, 3.05) is 26.3 Å². The Hall–Kier alpha value is -2.49. The molecule has 2 rings (SSSR count). The lowest BCUT2D eigenvalue weighted by atomic mass is 10.1. The van der Waals surface area contributed by atoms with Crippen LogP contribution in [0.25, 0.3) is 0 Å². The highest BCUT2D eigenvalue weighted by atomic mass is 31.1. The molecule has 1 unspecified atom stereocenters. The number of rotatable bonds is 11.